The summed E-state index contributed by atoms with van der Waals surface area (Å²) >= 11 is 1.78. The van der Waals surface area contributed by atoms with Crippen molar-refractivity contribution >= 4 is 24.4 Å². The maximum atomic E-state index is 6.13. The number of hydrogen-bond acceptors (Lipinski definition) is 4. The molecular formula is C14H20BNO2S. The molecule has 0 aromatic carbocycles. The molecule has 0 bridgehead atoms. The maximum absolute atomic E-state index is 6.13. The van der Waals surface area contributed by atoms with Crippen LogP contribution in [0.25, 0.3) is 0 Å². The van der Waals surface area contributed by atoms with E-state index < -0.39 is 0 Å². The zero-order chi connectivity index (χ0) is 13.8. The van der Waals surface area contributed by atoms with E-state index in [1.807, 2.05) is 5.55 Å². The number of fused-ring (bicyclic) bond motifs is 1. The summed E-state index contributed by atoms with van der Waals surface area (Å²) in [4.78, 5) is 4.49. The molecule has 0 N–H and O–H groups in total. The molecule has 0 radical (unpaired) electrons. The molecular weight excluding hydrogens is 257 g/mol. The van der Waals surface area contributed by atoms with Crippen LogP contribution >= 0.6 is 11.8 Å². The molecule has 0 aromatic heterocycles. The average molecular weight is 277 g/mol. The van der Waals surface area contributed by atoms with Crippen LogP contribution in [-0.4, -0.2) is 35.2 Å². The molecule has 102 valence electrons. The smallest absolute Gasteiger partial charge is 0.399 e. The summed E-state index contributed by atoms with van der Waals surface area (Å²) in [7, 11) is -0.275. The average Bonchev–Trinajstić information content (AvgIpc) is 2.80. The molecule has 3 nitrogen and oxygen atoms in total. The van der Waals surface area contributed by atoms with E-state index in [9.17, 15) is 0 Å². The minimum absolute atomic E-state index is 0.239. The van der Waals surface area contributed by atoms with Crippen LogP contribution in [0.15, 0.2) is 28.2 Å². The molecule has 19 heavy (non-hydrogen) atoms. The van der Waals surface area contributed by atoms with Crippen molar-refractivity contribution in [3.8, 4) is 0 Å². The van der Waals surface area contributed by atoms with Crippen LogP contribution in [0.3, 0.4) is 0 Å². The number of nitrogens with zero attached hydrogens (tertiary/aromatic N) is 1. The molecule has 2 atom stereocenters. The van der Waals surface area contributed by atoms with Gasteiger partial charge >= 0.3 is 7.12 Å². The quantitative estimate of drug-likeness (QED) is 0.690. The largest absolute Gasteiger partial charge is 0.494 e. The number of rotatable bonds is 1. The Labute approximate surface area is 119 Å². The van der Waals surface area contributed by atoms with Crippen molar-refractivity contribution in [1.29, 1.82) is 0 Å². The highest BCUT2D eigenvalue weighted by atomic mass is 32.2. The Morgan fingerprint density at radius 3 is 2.42 bits per heavy atom. The Hall–Kier alpha value is -0.515. The number of thioether (sulfide) groups is 1. The maximum Gasteiger partial charge on any atom is 0.494 e. The second kappa shape index (κ2) is 4.24. The van der Waals surface area contributed by atoms with E-state index >= 15 is 0 Å². The number of aliphatic imine (C=N–C) groups is 1. The molecule has 0 amide bonds. The molecule has 0 saturated carbocycles. The molecule has 2 aliphatic heterocycles. The van der Waals surface area contributed by atoms with Gasteiger partial charge in [0.1, 0.15) is 0 Å². The molecule has 2 unspecified atom stereocenters. The van der Waals surface area contributed by atoms with Crippen LogP contribution in [0, 0.1) is 0 Å². The Kier molecular flexibility index (Phi) is 3.00. The summed E-state index contributed by atoms with van der Waals surface area (Å²) in [6, 6.07) is 0.239. The minimum atomic E-state index is -0.288. The Balaban J connectivity index is 1.88. The van der Waals surface area contributed by atoms with Crippen LogP contribution in [0.4, 0.5) is 0 Å². The highest BCUT2D eigenvalue weighted by Gasteiger charge is 2.53. The first-order valence-electron chi connectivity index (χ1n) is 6.73. The molecule has 5 heteroatoms. The predicted molar refractivity (Wildman–Crippen MR) is 81.6 cm³/mol. The fourth-order valence-corrected chi connectivity index (χ4v) is 3.45. The molecule has 1 saturated heterocycles. The first kappa shape index (κ1) is 13.5. The van der Waals surface area contributed by atoms with Gasteiger partial charge in [0.15, 0.2) is 0 Å². The molecule has 1 aliphatic carbocycles. The molecule has 2 heterocycles. The van der Waals surface area contributed by atoms with Crippen molar-refractivity contribution in [3.05, 3.63) is 23.2 Å². The summed E-state index contributed by atoms with van der Waals surface area (Å²) in [5, 5.41) is 0.450. The molecule has 3 aliphatic rings. The number of allylic oxidation sites excluding steroid dienone is 2. The topological polar surface area (TPSA) is 30.8 Å². The van der Waals surface area contributed by atoms with Crippen LogP contribution < -0.4 is 0 Å². The fraction of sp³-hybridized carbons (Fsp3) is 0.643. The first-order valence-corrected chi connectivity index (χ1v) is 7.68. The van der Waals surface area contributed by atoms with Gasteiger partial charge < -0.3 is 9.31 Å². The lowest BCUT2D eigenvalue weighted by Gasteiger charge is -2.32. The number of hydrogen-bond donors (Lipinski definition) is 0. The molecule has 3 rings (SSSR count). The van der Waals surface area contributed by atoms with Crippen molar-refractivity contribution in [2.24, 2.45) is 4.99 Å². The van der Waals surface area contributed by atoms with Gasteiger partial charge in [-0.2, -0.15) is 0 Å². The Bertz CT molecular complexity index is 480. The van der Waals surface area contributed by atoms with Crippen LogP contribution in [0.2, 0.25) is 0 Å². The third kappa shape index (κ3) is 2.12. The normalized spacial score (nSPS) is 35.1. The van der Waals surface area contributed by atoms with Gasteiger partial charge in [-0.15, -0.1) is 11.8 Å². The zero-order valence-corrected chi connectivity index (χ0v) is 13.0. The lowest BCUT2D eigenvalue weighted by molar-refractivity contribution is 0.00578. The van der Waals surface area contributed by atoms with Crippen molar-refractivity contribution in [3.63, 3.8) is 0 Å². The van der Waals surface area contributed by atoms with Crippen molar-refractivity contribution in [2.45, 2.75) is 57.1 Å². The lowest BCUT2D eigenvalue weighted by atomic mass is 9.71. The Morgan fingerprint density at radius 2 is 1.79 bits per heavy atom. The van der Waals surface area contributed by atoms with E-state index in [1.165, 1.54) is 5.57 Å². The van der Waals surface area contributed by atoms with E-state index in [1.54, 1.807) is 11.8 Å². The van der Waals surface area contributed by atoms with E-state index in [0.717, 1.165) is 5.47 Å². The predicted octanol–water partition coefficient (Wildman–Crippen LogP) is 3.02. The summed E-state index contributed by atoms with van der Waals surface area (Å²) in [5.74, 6) is 0. The van der Waals surface area contributed by atoms with Crippen molar-refractivity contribution in [2.75, 3.05) is 0 Å². The molecule has 1 fully saturated rings. The van der Waals surface area contributed by atoms with Gasteiger partial charge in [0.2, 0.25) is 0 Å². The fourth-order valence-electron chi connectivity index (χ4n) is 2.51. The van der Waals surface area contributed by atoms with Gasteiger partial charge in [-0.25, -0.2) is 0 Å². The van der Waals surface area contributed by atoms with E-state index in [-0.39, 0.29) is 24.4 Å². The van der Waals surface area contributed by atoms with Gasteiger partial charge in [-0.05, 0) is 40.1 Å². The van der Waals surface area contributed by atoms with Gasteiger partial charge in [-0.1, -0.05) is 17.7 Å². The minimum Gasteiger partial charge on any atom is -0.399 e. The second-order valence-electron chi connectivity index (χ2n) is 6.41. The summed E-state index contributed by atoms with van der Waals surface area (Å²) in [6.07, 6.45) is 4.49. The van der Waals surface area contributed by atoms with Crippen molar-refractivity contribution in [1.82, 2.24) is 0 Å². The van der Waals surface area contributed by atoms with Gasteiger partial charge in [0.25, 0.3) is 0 Å². The highest BCUT2D eigenvalue weighted by Crippen LogP contribution is 2.41. The van der Waals surface area contributed by atoms with Gasteiger partial charge in [-0.3, -0.25) is 4.99 Å². The van der Waals surface area contributed by atoms with Crippen molar-refractivity contribution < 1.29 is 9.31 Å². The summed E-state index contributed by atoms with van der Waals surface area (Å²) in [5.41, 5.74) is 3.76. The summed E-state index contributed by atoms with van der Waals surface area (Å²) < 4.78 is 12.3. The van der Waals surface area contributed by atoms with Gasteiger partial charge in [0, 0.05) is 0 Å². The lowest BCUT2D eigenvalue weighted by Crippen LogP contribution is -2.41. The van der Waals surface area contributed by atoms with Gasteiger partial charge in [0.05, 0.1) is 28.0 Å². The van der Waals surface area contributed by atoms with Crippen LogP contribution in [-0.2, 0) is 9.31 Å². The molecule has 0 aromatic rings. The van der Waals surface area contributed by atoms with E-state index in [2.05, 4.69) is 51.8 Å². The summed E-state index contributed by atoms with van der Waals surface area (Å²) in [6.45, 7) is 10.5. The van der Waals surface area contributed by atoms with E-state index in [0.29, 0.717) is 5.25 Å². The molecule has 0 spiro atoms. The van der Waals surface area contributed by atoms with E-state index in [4.69, 9.17) is 9.31 Å². The zero-order valence-electron chi connectivity index (χ0n) is 12.1. The standard InChI is InChI=1S/C14H20BNO2S/c1-9-6-12-11(16-8-19-12)7-10(9)15-17-13(2,3)14(4,5)18-15/h6-8,11-12H,1-5H3. The van der Waals surface area contributed by atoms with Crippen LogP contribution in [0.1, 0.15) is 34.6 Å². The monoisotopic (exact) mass is 277 g/mol. The SMILES string of the molecule is CC1=CC2SC=NC2C=C1B1OC(C)(C)C(C)(C)O1. The Morgan fingerprint density at radius 1 is 1.16 bits per heavy atom. The highest BCUT2D eigenvalue weighted by molar-refractivity contribution is 8.13. The third-order valence-corrected chi connectivity index (χ3v) is 5.49. The third-order valence-electron chi connectivity index (χ3n) is 4.51. The second-order valence-corrected chi connectivity index (χ2v) is 7.43. The first-order chi connectivity index (χ1) is 8.80. The van der Waals surface area contributed by atoms with Crippen LogP contribution in [0.5, 0.6) is 0 Å².